The largest absolute Gasteiger partial charge is 0.527 e. The van der Waals surface area contributed by atoms with Crippen molar-refractivity contribution in [1.29, 1.82) is 0 Å². The molecule has 1 unspecified atom stereocenters. The third-order valence-corrected chi connectivity index (χ3v) is 4.00. The summed E-state index contributed by atoms with van der Waals surface area (Å²) in [6.07, 6.45) is 0. The second-order valence-corrected chi connectivity index (χ2v) is 6.77. The highest BCUT2D eigenvalue weighted by Crippen LogP contribution is 2.45. The Kier molecular flexibility index (Phi) is 4.84. The third kappa shape index (κ3) is 4.71. The molecule has 112 valence electrons. The minimum absolute atomic E-state index is 0.0810. The quantitative estimate of drug-likeness (QED) is 0.814. The standard InChI is InChI=1S/C16H19O4P/c1-16(2,14-9-5-3-6-10-14)13-19-21(17,18)20-15-11-7-4-8-12-15/h3-12H,13H2,1-2H3,(H,17,18). The fourth-order valence-electron chi connectivity index (χ4n) is 1.86. The number of benzene rings is 2. The van der Waals surface area contributed by atoms with E-state index in [1.165, 1.54) is 0 Å². The Balaban J connectivity index is 2.00. The van der Waals surface area contributed by atoms with Crippen molar-refractivity contribution >= 4 is 7.82 Å². The summed E-state index contributed by atoms with van der Waals surface area (Å²) in [7, 11) is -4.13. The molecule has 5 heteroatoms. The second-order valence-electron chi connectivity index (χ2n) is 5.40. The maximum Gasteiger partial charge on any atom is 0.527 e. The zero-order valence-electron chi connectivity index (χ0n) is 12.1. The molecule has 4 nitrogen and oxygen atoms in total. The summed E-state index contributed by atoms with van der Waals surface area (Å²) in [6, 6.07) is 18.2. The van der Waals surface area contributed by atoms with Crippen molar-refractivity contribution in [2.75, 3.05) is 6.61 Å². The van der Waals surface area contributed by atoms with Crippen LogP contribution in [0.2, 0.25) is 0 Å². The Bertz CT molecular complexity index is 611. The molecule has 1 N–H and O–H groups in total. The number of hydrogen-bond donors (Lipinski definition) is 1. The lowest BCUT2D eigenvalue weighted by atomic mass is 9.86. The highest BCUT2D eigenvalue weighted by Gasteiger charge is 2.29. The molecule has 1 atom stereocenters. The molecule has 0 aliphatic carbocycles. The Morgan fingerprint density at radius 2 is 1.52 bits per heavy atom. The minimum atomic E-state index is -4.13. The molecule has 2 aromatic carbocycles. The van der Waals surface area contributed by atoms with E-state index in [0.717, 1.165) is 5.56 Å². The van der Waals surface area contributed by atoms with Crippen LogP contribution in [0.15, 0.2) is 60.7 Å². The van der Waals surface area contributed by atoms with Gasteiger partial charge in [0.2, 0.25) is 0 Å². The van der Waals surface area contributed by atoms with E-state index in [1.807, 2.05) is 44.2 Å². The average molecular weight is 306 g/mol. The van der Waals surface area contributed by atoms with Crippen molar-refractivity contribution in [2.24, 2.45) is 0 Å². The van der Waals surface area contributed by atoms with Crippen LogP contribution in [0.4, 0.5) is 0 Å². The Morgan fingerprint density at radius 3 is 2.10 bits per heavy atom. The van der Waals surface area contributed by atoms with Crippen LogP contribution in [-0.2, 0) is 14.5 Å². The maximum absolute atomic E-state index is 12.0. The van der Waals surface area contributed by atoms with Crippen molar-refractivity contribution < 1.29 is 18.5 Å². The first kappa shape index (κ1) is 15.8. The van der Waals surface area contributed by atoms with Gasteiger partial charge in [0.15, 0.2) is 0 Å². The van der Waals surface area contributed by atoms with Gasteiger partial charge in [0.25, 0.3) is 0 Å². The molecule has 0 amide bonds. The zero-order valence-corrected chi connectivity index (χ0v) is 13.0. The van der Waals surface area contributed by atoms with E-state index in [2.05, 4.69) is 0 Å². The van der Waals surface area contributed by atoms with Gasteiger partial charge in [-0.05, 0) is 17.7 Å². The van der Waals surface area contributed by atoms with Gasteiger partial charge in [-0.1, -0.05) is 62.4 Å². The van der Waals surface area contributed by atoms with Crippen molar-refractivity contribution in [3.05, 3.63) is 66.2 Å². The highest BCUT2D eigenvalue weighted by molar-refractivity contribution is 7.47. The fraction of sp³-hybridized carbons (Fsp3) is 0.250. The van der Waals surface area contributed by atoms with Crippen LogP contribution in [0, 0.1) is 0 Å². The van der Waals surface area contributed by atoms with Crippen molar-refractivity contribution in [3.8, 4) is 5.75 Å². The number of para-hydroxylation sites is 1. The Morgan fingerprint density at radius 1 is 1.00 bits per heavy atom. The molecule has 21 heavy (non-hydrogen) atoms. The van der Waals surface area contributed by atoms with Crippen LogP contribution in [0.5, 0.6) is 5.75 Å². The summed E-state index contributed by atoms with van der Waals surface area (Å²) in [6.45, 7) is 3.98. The van der Waals surface area contributed by atoms with E-state index in [4.69, 9.17) is 9.05 Å². The second kappa shape index (κ2) is 6.44. The van der Waals surface area contributed by atoms with Crippen LogP contribution in [0.25, 0.3) is 0 Å². The number of phosphoric acid groups is 1. The van der Waals surface area contributed by atoms with E-state index >= 15 is 0 Å². The third-order valence-electron chi connectivity index (χ3n) is 3.11. The first-order chi connectivity index (χ1) is 9.89. The van der Waals surface area contributed by atoms with Crippen LogP contribution < -0.4 is 4.52 Å². The molecular weight excluding hydrogens is 287 g/mol. The van der Waals surface area contributed by atoms with E-state index in [1.54, 1.807) is 30.3 Å². The van der Waals surface area contributed by atoms with Crippen molar-refractivity contribution in [2.45, 2.75) is 19.3 Å². The minimum Gasteiger partial charge on any atom is -0.404 e. The number of rotatable bonds is 6. The van der Waals surface area contributed by atoms with Gasteiger partial charge in [-0.2, -0.15) is 0 Å². The first-order valence-electron chi connectivity index (χ1n) is 6.67. The fourth-order valence-corrected chi connectivity index (χ4v) is 2.78. The lowest BCUT2D eigenvalue weighted by molar-refractivity contribution is 0.168. The molecule has 0 bridgehead atoms. The monoisotopic (exact) mass is 306 g/mol. The smallest absolute Gasteiger partial charge is 0.404 e. The lowest BCUT2D eigenvalue weighted by Gasteiger charge is -2.26. The SMILES string of the molecule is CC(C)(COP(=O)(O)Oc1ccccc1)c1ccccc1. The van der Waals surface area contributed by atoms with Crippen LogP contribution in [0.3, 0.4) is 0 Å². The molecule has 2 aromatic rings. The molecule has 0 radical (unpaired) electrons. The highest BCUT2D eigenvalue weighted by atomic mass is 31.2. The molecule has 0 spiro atoms. The van der Waals surface area contributed by atoms with E-state index < -0.39 is 7.82 Å². The maximum atomic E-state index is 12.0. The van der Waals surface area contributed by atoms with Crippen molar-refractivity contribution in [1.82, 2.24) is 0 Å². The lowest BCUT2D eigenvalue weighted by Crippen LogP contribution is -2.24. The van der Waals surface area contributed by atoms with Gasteiger partial charge >= 0.3 is 7.82 Å². The van der Waals surface area contributed by atoms with Crippen LogP contribution in [0.1, 0.15) is 19.4 Å². The predicted octanol–water partition coefficient (Wildman–Crippen LogP) is 4.16. The normalized spacial score (nSPS) is 14.4. The molecule has 0 saturated heterocycles. The van der Waals surface area contributed by atoms with Gasteiger partial charge in [0.05, 0.1) is 6.61 Å². The molecule has 2 rings (SSSR count). The molecule has 0 saturated carbocycles. The van der Waals surface area contributed by atoms with Crippen molar-refractivity contribution in [3.63, 3.8) is 0 Å². The van der Waals surface area contributed by atoms with Crippen LogP contribution >= 0.6 is 7.82 Å². The summed E-state index contributed by atoms with van der Waals surface area (Å²) in [4.78, 5) is 9.79. The van der Waals surface area contributed by atoms with Gasteiger partial charge in [-0.15, -0.1) is 0 Å². The zero-order chi connectivity index (χ0) is 15.3. The molecule has 0 heterocycles. The number of phosphoric ester groups is 1. The first-order valence-corrected chi connectivity index (χ1v) is 8.16. The molecular formula is C16H19O4P. The molecule has 0 aliphatic heterocycles. The molecule has 0 aromatic heterocycles. The predicted molar refractivity (Wildman–Crippen MR) is 82.3 cm³/mol. The van der Waals surface area contributed by atoms with E-state index in [0.29, 0.717) is 5.75 Å². The molecule has 0 aliphatic rings. The van der Waals surface area contributed by atoms with Gasteiger partial charge in [-0.3, -0.25) is 9.42 Å². The van der Waals surface area contributed by atoms with Gasteiger partial charge in [-0.25, -0.2) is 4.57 Å². The van der Waals surface area contributed by atoms with Gasteiger partial charge in [0, 0.05) is 5.41 Å². The summed E-state index contributed by atoms with van der Waals surface area (Å²) in [5.74, 6) is 0.306. The van der Waals surface area contributed by atoms with E-state index in [9.17, 15) is 9.46 Å². The Labute approximate surface area is 125 Å². The van der Waals surface area contributed by atoms with E-state index in [-0.39, 0.29) is 12.0 Å². The molecule has 0 fully saturated rings. The van der Waals surface area contributed by atoms with Gasteiger partial charge in [0.1, 0.15) is 5.75 Å². The topological polar surface area (TPSA) is 55.8 Å². The summed E-state index contributed by atoms with van der Waals surface area (Å²) in [5.41, 5.74) is 0.643. The van der Waals surface area contributed by atoms with Crippen LogP contribution in [-0.4, -0.2) is 11.5 Å². The average Bonchev–Trinajstić information content (AvgIpc) is 2.47. The Hall–Kier alpha value is -1.61. The number of hydrogen-bond acceptors (Lipinski definition) is 3. The summed E-state index contributed by atoms with van der Waals surface area (Å²) in [5, 5.41) is 0. The van der Waals surface area contributed by atoms with Gasteiger partial charge < -0.3 is 4.52 Å². The summed E-state index contributed by atoms with van der Waals surface area (Å²) < 4.78 is 22.1. The summed E-state index contributed by atoms with van der Waals surface area (Å²) >= 11 is 0.